The lowest BCUT2D eigenvalue weighted by Crippen LogP contribution is -2.42. The van der Waals surface area contributed by atoms with Crippen molar-refractivity contribution in [3.63, 3.8) is 0 Å². The number of hydrogen-bond donors (Lipinski definition) is 2. The van der Waals surface area contributed by atoms with E-state index in [9.17, 15) is 4.79 Å². The molecule has 4 heteroatoms. The predicted molar refractivity (Wildman–Crippen MR) is 104 cm³/mol. The molecule has 0 radical (unpaired) electrons. The third kappa shape index (κ3) is 2.88. The molecule has 0 bridgehead atoms. The minimum atomic E-state index is -0.283. The Morgan fingerprint density at radius 1 is 1.08 bits per heavy atom. The molecule has 0 spiro atoms. The molecule has 4 rings (SSSR count). The molecule has 2 aromatic carbocycles. The highest BCUT2D eigenvalue weighted by molar-refractivity contribution is 5.89. The Morgan fingerprint density at radius 2 is 1.92 bits per heavy atom. The van der Waals surface area contributed by atoms with Crippen LogP contribution in [-0.4, -0.2) is 19.6 Å². The van der Waals surface area contributed by atoms with E-state index in [1.54, 1.807) is 0 Å². The number of carbonyl (C=O) groups is 1. The third-order valence-corrected chi connectivity index (χ3v) is 5.81. The molecule has 0 unspecified atom stereocenters. The number of anilines is 1. The highest BCUT2D eigenvalue weighted by Gasteiger charge is 2.39. The zero-order valence-electron chi connectivity index (χ0n) is 15.6. The monoisotopic (exact) mass is 350 g/mol. The van der Waals surface area contributed by atoms with Gasteiger partial charge in [0.1, 0.15) is 0 Å². The van der Waals surface area contributed by atoms with E-state index in [0.29, 0.717) is 17.5 Å². The van der Waals surface area contributed by atoms with Gasteiger partial charge in [-0.15, -0.1) is 0 Å². The van der Waals surface area contributed by atoms with E-state index < -0.39 is 0 Å². The fraction of sp³-hybridized carbons (Fsp3) is 0.409. The van der Waals surface area contributed by atoms with Gasteiger partial charge in [-0.2, -0.15) is 0 Å². The molecule has 2 aliphatic heterocycles. The smallest absolute Gasteiger partial charge is 0.337 e. The quantitative estimate of drug-likeness (QED) is 0.793. The van der Waals surface area contributed by atoms with Crippen molar-refractivity contribution in [1.29, 1.82) is 0 Å². The van der Waals surface area contributed by atoms with Gasteiger partial charge in [0.2, 0.25) is 0 Å². The first-order valence-corrected chi connectivity index (χ1v) is 9.38. The van der Waals surface area contributed by atoms with Crippen LogP contribution in [0, 0.1) is 19.8 Å². The molecule has 2 heterocycles. The largest absolute Gasteiger partial charge is 0.465 e. The normalized spacial score (nSPS) is 24.2. The van der Waals surface area contributed by atoms with Gasteiger partial charge in [0.05, 0.1) is 18.7 Å². The Bertz CT molecular complexity index is 846. The maximum atomic E-state index is 11.8. The van der Waals surface area contributed by atoms with E-state index in [0.717, 1.165) is 12.1 Å². The zero-order chi connectivity index (χ0) is 18.3. The molecule has 0 amide bonds. The van der Waals surface area contributed by atoms with Crippen LogP contribution in [0.15, 0.2) is 36.4 Å². The van der Waals surface area contributed by atoms with Gasteiger partial charge in [-0.1, -0.05) is 23.8 Å². The van der Waals surface area contributed by atoms with E-state index >= 15 is 0 Å². The average molecular weight is 350 g/mol. The van der Waals surface area contributed by atoms with Crippen LogP contribution >= 0.6 is 0 Å². The van der Waals surface area contributed by atoms with E-state index in [-0.39, 0.29) is 12.0 Å². The number of nitrogens with one attached hydrogen (secondary N) is 2. The topological polar surface area (TPSA) is 50.4 Å². The molecule has 1 saturated heterocycles. The molecule has 136 valence electrons. The molecule has 3 atom stereocenters. The van der Waals surface area contributed by atoms with Crippen molar-refractivity contribution in [3.8, 4) is 0 Å². The number of esters is 1. The van der Waals surface area contributed by atoms with Crippen molar-refractivity contribution in [2.75, 3.05) is 19.0 Å². The number of carbonyl (C=O) groups excluding carboxylic acids is 1. The SMILES string of the molecule is COC(=O)c1ccc([C@H]2Nc3ccc(C)cc3[C@@H]3NCCC[C@H]23)c(C)c1. The lowest BCUT2D eigenvalue weighted by molar-refractivity contribution is 0.0600. The third-order valence-electron chi connectivity index (χ3n) is 5.81. The second-order valence-electron chi connectivity index (χ2n) is 7.51. The fourth-order valence-corrected chi connectivity index (χ4v) is 4.54. The summed E-state index contributed by atoms with van der Waals surface area (Å²) < 4.78 is 4.86. The van der Waals surface area contributed by atoms with Crippen molar-refractivity contribution >= 4 is 11.7 Å². The Labute approximate surface area is 155 Å². The number of fused-ring (bicyclic) bond motifs is 3. The molecular formula is C22H26N2O2. The number of benzene rings is 2. The molecule has 2 aliphatic rings. The van der Waals surface area contributed by atoms with Crippen LogP contribution in [0.1, 0.15) is 57.5 Å². The Kier molecular flexibility index (Phi) is 4.45. The number of aryl methyl sites for hydroxylation is 2. The van der Waals surface area contributed by atoms with Gasteiger partial charge in [-0.25, -0.2) is 4.79 Å². The van der Waals surface area contributed by atoms with Crippen LogP contribution in [0.2, 0.25) is 0 Å². The minimum Gasteiger partial charge on any atom is -0.465 e. The first-order chi connectivity index (χ1) is 12.6. The molecular weight excluding hydrogens is 324 g/mol. The second kappa shape index (κ2) is 6.76. The summed E-state index contributed by atoms with van der Waals surface area (Å²) in [5.74, 6) is 0.218. The Hall–Kier alpha value is -2.33. The van der Waals surface area contributed by atoms with Gasteiger partial charge in [-0.05, 0) is 68.1 Å². The summed E-state index contributed by atoms with van der Waals surface area (Å²) >= 11 is 0. The summed E-state index contributed by atoms with van der Waals surface area (Å²) in [5.41, 5.74) is 6.91. The summed E-state index contributed by atoms with van der Waals surface area (Å²) in [6.07, 6.45) is 2.39. The highest BCUT2D eigenvalue weighted by atomic mass is 16.5. The molecule has 0 aromatic heterocycles. The van der Waals surface area contributed by atoms with Crippen LogP contribution < -0.4 is 10.6 Å². The van der Waals surface area contributed by atoms with Gasteiger partial charge >= 0.3 is 5.97 Å². The van der Waals surface area contributed by atoms with Crippen molar-refractivity contribution in [1.82, 2.24) is 5.32 Å². The van der Waals surface area contributed by atoms with Gasteiger partial charge in [0.15, 0.2) is 0 Å². The zero-order valence-corrected chi connectivity index (χ0v) is 15.6. The van der Waals surface area contributed by atoms with E-state index in [1.165, 1.54) is 42.3 Å². The van der Waals surface area contributed by atoms with Crippen molar-refractivity contribution in [3.05, 3.63) is 64.2 Å². The van der Waals surface area contributed by atoms with Crippen molar-refractivity contribution in [2.45, 2.75) is 38.8 Å². The number of piperidine rings is 1. The van der Waals surface area contributed by atoms with Gasteiger partial charge in [0.25, 0.3) is 0 Å². The van der Waals surface area contributed by atoms with E-state index in [4.69, 9.17) is 4.74 Å². The maximum absolute atomic E-state index is 11.8. The molecule has 0 saturated carbocycles. The predicted octanol–water partition coefficient (Wildman–Crippen LogP) is 4.30. The first kappa shape index (κ1) is 17.1. The van der Waals surface area contributed by atoms with Crippen LogP contribution in [0.4, 0.5) is 5.69 Å². The van der Waals surface area contributed by atoms with Crippen LogP contribution in [0.3, 0.4) is 0 Å². The van der Waals surface area contributed by atoms with Crippen LogP contribution in [0.5, 0.6) is 0 Å². The van der Waals surface area contributed by atoms with Crippen molar-refractivity contribution < 1.29 is 9.53 Å². The minimum absolute atomic E-state index is 0.245. The van der Waals surface area contributed by atoms with E-state index in [1.807, 2.05) is 12.1 Å². The van der Waals surface area contributed by atoms with Gasteiger partial charge in [-0.3, -0.25) is 0 Å². The summed E-state index contributed by atoms with van der Waals surface area (Å²) in [7, 11) is 1.42. The van der Waals surface area contributed by atoms with Gasteiger partial charge in [0, 0.05) is 17.6 Å². The van der Waals surface area contributed by atoms with Crippen molar-refractivity contribution in [2.24, 2.45) is 5.92 Å². The molecule has 1 fully saturated rings. The average Bonchev–Trinajstić information content (AvgIpc) is 2.67. The number of rotatable bonds is 2. The molecule has 26 heavy (non-hydrogen) atoms. The molecule has 2 N–H and O–H groups in total. The molecule has 4 nitrogen and oxygen atoms in total. The van der Waals surface area contributed by atoms with Crippen LogP contribution in [0.25, 0.3) is 0 Å². The summed E-state index contributed by atoms with van der Waals surface area (Å²) in [6.45, 7) is 5.31. The lowest BCUT2D eigenvalue weighted by atomic mass is 9.74. The highest BCUT2D eigenvalue weighted by Crippen LogP contribution is 2.47. The number of methoxy groups -OCH3 is 1. The molecule has 0 aliphatic carbocycles. The standard InChI is InChI=1S/C22H26N2O2/c1-13-6-9-19-18(11-13)20-17(5-4-10-23-20)21(24-19)16-8-7-15(12-14(16)2)22(25)26-3/h6-9,11-12,17,20-21,23-24H,4-5,10H2,1-3H3/t17-,20+,21+/m0/s1. The first-order valence-electron chi connectivity index (χ1n) is 9.38. The number of hydrogen-bond acceptors (Lipinski definition) is 4. The Morgan fingerprint density at radius 3 is 2.69 bits per heavy atom. The fourth-order valence-electron chi connectivity index (χ4n) is 4.54. The Balaban J connectivity index is 1.74. The van der Waals surface area contributed by atoms with Crippen LogP contribution in [-0.2, 0) is 4.74 Å². The summed E-state index contributed by atoms with van der Waals surface area (Å²) in [6, 6.07) is 13.2. The molecule has 2 aromatic rings. The lowest BCUT2D eigenvalue weighted by Gasteiger charge is -2.44. The van der Waals surface area contributed by atoms with Gasteiger partial charge < -0.3 is 15.4 Å². The summed E-state index contributed by atoms with van der Waals surface area (Å²) in [5, 5.41) is 7.54. The number of ether oxygens (including phenoxy) is 1. The van der Waals surface area contributed by atoms with E-state index in [2.05, 4.69) is 48.7 Å². The second-order valence-corrected chi connectivity index (χ2v) is 7.51. The summed E-state index contributed by atoms with van der Waals surface area (Å²) in [4.78, 5) is 11.8. The maximum Gasteiger partial charge on any atom is 0.337 e.